The number of ether oxygens (including phenoxy) is 1. The first-order valence-corrected chi connectivity index (χ1v) is 13.5. The van der Waals surface area contributed by atoms with Crippen LogP contribution >= 0.6 is 11.3 Å². The van der Waals surface area contributed by atoms with E-state index in [4.69, 9.17) is 14.1 Å². The van der Waals surface area contributed by atoms with Crippen LogP contribution in [-0.2, 0) is 11.2 Å². The number of aliphatic hydroxyl groups is 1. The lowest BCUT2D eigenvalue weighted by Gasteiger charge is -2.24. The number of benzene rings is 3. The molecule has 0 radical (unpaired) electrons. The van der Waals surface area contributed by atoms with Crippen molar-refractivity contribution < 1.29 is 23.8 Å². The Labute approximate surface area is 229 Å². The molecule has 0 saturated heterocycles. The number of anilines is 1. The zero-order valence-electron chi connectivity index (χ0n) is 21.9. The van der Waals surface area contributed by atoms with E-state index in [9.17, 15) is 14.7 Å². The number of aromatic nitrogens is 1. The van der Waals surface area contributed by atoms with Crippen LogP contribution in [0.15, 0.2) is 76.4 Å². The fraction of sp³-hybridized carbons (Fsp3) is 0.194. The van der Waals surface area contributed by atoms with Gasteiger partial charge in [0, 0.05) is 5.39 Å². The third-order valence-corrected chi connectivity index (χ3v) is 8.13. The number of fused-ring (bicyclic) bond motifs is 2. The van der Waals surface area contributed by atoms with Crippen molar-refractivity contribution in [2.75, 3.05) is 12.0 Å². The van der Waals surface area contributed by atoms with E-state index in [0.717, 1.165) is 33.3 Å². The number of aryl methyl sites for hydroxylation is 3. The van der Waals surface area contributed by atoms with Gasteiger partial charge in [0.1, 0.15) is 0 Å². The molecule has 1 aliphatic heterocycles. The summed E-state index contributed by atoms with van der Waals surface area (Å²) in [6.45, 7) is 6.05. The Morgan fingerprint density at radius 1 is 1.13 bits per heavy atom. The molecule has 1 atom stereocenters. The summed E-state index contributed by atoms with van der Waals surface area (Å²) in [4.78, 5) is 33.8. The Balaban J connectivity index is 1.51. The molecule has 3 heterocycles. The lowest BCUT2D eigenvalue weighted by Crippen LogP contribution is -2.31. The molecule has 196 valence electrons. The lowest BCUT2D eigenvalue weighted by atomic mass is 9.94. The number of hydrogen-bond donors (Lipinski definition) is 1. The summed E-state index contributed by atoms with van der Waals surface area (Å²) >= 11 is 1.36. The van der Waals surface area contributed by atoms with Gasteiger partial charge in [0.2, 0.25) is 5.78 Å². The number of methoxy groups -OCH3 is 1. The molecular formula is C31H26N2O5S. The second-order valence-corrected chi connectivity index (χ2v) is 10.7. The van der Waals surface area contributed by atoms with E-state index in [0.29, 0.717) is 27.4 Å². The molecule has 1 N–H and O–H groups in total. The van der Waals surface area contributed by atoms with E-state index in [2.05, 4.69) is 6.92 Å². The number of nitrogens with zero attached hydrogens (tertiary/aromatic N) is 2. The Morgan fingerprint density at radius 2 is 1.90 bits per heavy atom. The number of carbonyl (C=O) groups excluding carboxylic acids is 2. The number of furan rings is 1. The molecule has 0 fully saturated rings. The summed E-state index contributed by atoms with van der Waals surface area (Å²) in [6, 6.07) is 17.9. The molecule has 0 saturated carbocycles. The highest BCUT2D eigenvalue weighted by atomic mass is 32.1. The Bertz CT molecular complexity index is 1810. The first-order valence-electron chi connectivity index (χ1n) is 12.6. The molecule has 0 aliphatic carbocycles. The molecule has 1 unspecified atom stereocenters. The fourth-order valence-electron chi connectivity index (χ4n) is 5.19. The van der Waals surface area contributed by atoms with Crippen LogP contribution in [0.25, 0.3) is 21.2 Å². The largest absolute Gasteiger partial charge is 0.503 e. The van der Waals surface area contributed by atoms with E-state index >= 15 is 0 Å². The summed E-state index contributed by atoms with van der Waals surface area (Å²) in [6.07, 6.45) is 0.845. The maximum absolute atomic E-state index is 14.0. The molecule has 39 heavy (non-hydrogen) atoms. The quantitative estimate of drug-likeness (QED) is 0.234. The third kappa shape index (κ3) is 3.99. The molecule has 3 aromatic carbocycles. The molecule has 0 spiro atoms. The van der Waals surface area contributed by atoms with Gasteiger partial charge in [0.25, 0.3) is 5.91 Å². The Kier molecular flexibility index (Phi) is 5.99. The number of hydrogen-bond acceptors (Lipinski definition) is 7. The van der Waals surface area contributed by atoms with Gasteiger partial charge in [-0.3, -0.25) is 14.5 Å². The minimum absolute atomic E-state index is 0.0108. The van der Waals surface area contributed by atoms with Gasteiger partial charge in [0.15, 0.2) is 28.0 Å². The van der Waals surface area contributed by atoms with Gasteiger partial charge in [-0.1, -0.05) is 60.7 Å². The van der Waals surface area contributed by atoms with Crippen LogP contribution in [0.4, 0.5) is 5.13 Å². The highest BCUT2D eigenvalue weighted by Crippen LogP contribution is 2.45. The number of Topliss-reactive ketones (excluding diaryl/α,β-unsaturated/α-hetero) is 1. The summed E-state index contributed by atoms with van der Waals surface area (Å²) < 4.78 is 12.2. The topological polar surface area (TPSA) is 92.9 Å². The number of amides is 1. The zero-order valence-corrected chi connectivity index (χ0v) is 22.8. The predicted molar refractivity (Wildman–Crippen MR) is 152 cm³/mol. The van der Waals surface area contributed by atoms with Crippen molar-refractivity contribution >= 4 is 49.3 Å². The van der Waals surface area contributed by atoms with Gasteiger partial charge >= 0.3 is 0 Å². The van der Waals surface area contributed by atoms with Gasteiger partial charge in [-0.05, 0) is 60.7 Å². The molecule has 1 aliphatic rings. The normalized spacial score (nSPS) is 15.6. The number of ketones is 1. The van der Waals surface area contributed by atoms with Crippen LogP contribution in [0.1, 0.15) is 45.8 Å². The van der Waals surface area contributed by atoms with Crippen LogP contribution in [0.3, 0.4) is 0 Å². The van der Waals surface area contributed by atoms with Gasteiger partial charge in [-0.25, -0.2) is 4.98 Å². The molecule has 1 amide bonds. The highest BCUT2D eigenvalue weighted by Gasteiger charge is 2.46. The molecular weight excluding hydrogens is 512 g/mol. The number of carbonyl (C=O) groups is 2. The van der Waals surface area contributed by atoms with Crippen molar-refractivity contribution in [3.63, 3.8) is 0 Å². The van der Waals surface area contributed by atoms with E-state index in [1.807, 2.05) is 56.3 Å². The van der Waals surface area contributed by atoms with E-state index in [1.165, 1.54) is 23.3 Å². The first-order chi connectivity index (χ1) is 18.8. The highest BCUT2D eigenvalue weighted by molar-refractivity contribution is 7.22. The van der Waals surface area contributed by atoms with E-state index < -0.39 is 23.5 Å². The second-order valence-electron chi connectivity index (χ2n) is 9.68. The number of thiazole rings is 1. The van der Waals surface area contributed by atoms with Crippen LogP contribution in [-0.4, -0.2) is 28.9 Å². The minimum atomic E-state index is -0.882. The maximum Gasteiger partial charge on any atom is 0.296 e. The number of para-hydroxylation sites is 1. The molecule has 8 heteroatoms. The third-order valence-electron chi connectivity index (χ3n) is 7.13. The van der Waals surface area contributed by atoms with Crippen LogP contribution in [0.5, 0.6) is 5.75 Å². The van der Waals surface area contributed by atoms with Crippen molar-refractivity contribution in [3.05, 3.63) is 100 Å². The van der Waals surface area contributed by atoms with E-state index in [1.54, 1.807) is 18.2 Å². The molecule has 7 nitrogen and oxygen atoms in total. The van der Waals surface area contributed by atoms with Gasteiger partial charge in [-0.2, -0.15) is 0 Å². The minimum Gasteiger partial charge on any atom is -0.503 e. The summed E-state index contributed by atoms with van der Waals surface area (Å²) in [7, 11) is 1.53. The number of aliphatic hydroxyl groups excluding tert-OH is 1. The van der Waals surface area contributed by atoms with Gasteiger partial charge < -0.3 is 14.3 Å². The van der Waals surface area contributed by atoms with Crippen LogP contribution in [0.2, 0.25) is 0 Å². The average molecular weight is 539 g/mol. The molecule has 0 bridgehead atoms. The average Bonchev–Trinajstić information content (AvgIpc) is 3.62. The number of rotatable bonds is 6. The van der Waals surface area contributed by atoms with Crippen molar-refractivity contribution in [1.82, 2.24) is 4.98 Å². The maximum atomic E-state index is 14.0. The van der Waals surface area contributed by atoms with Crippen molar-refractivity contribution in [1.29, 1.82) is 0 Å². The fourth-order valence-corrected chi connectivity index (χ4v) is 6.36. The Morgan fingerprint density at radius 3 is 2.62 bits per heavy atom. The standard InChI is InChI=1S/C31H26N2O5S/c1-5-18-9-11-19(12-10-18)26-24(27(34)22-15-20-7-6-8-21(37-4)29(20)38-22)28(35)30(36)33(26)31-32-25-17(3)13-16(2)14-23(25)39-31/h6-15,26,35H,5H2,1-4H3. The summed E-state index contributed by atoms with van der Waals surface area (Å²) in [5, 5.41) is 12.3. The van der Waals surface area contributed by atoms with Crippen molar-refractivity contribution in [2.24, 2.45) is 0 Å². The second kappa shape index (κ2) is 9.39. The SMILES string of the molecule is CCc1ccc(C2C(C(=O)c3cc4cccc(OC)c4o3)=C(O)C(=O)N2c2nc3c(C)cc(C)cc3s2)cc1. The van der Waals surface area contributed by atoms with Crippen molar-refractivity contribution in [2.45, 2.75) is 33.2 Å². The zero-order chi connectivity index (χ0) is 27.4. The smallest absolute Gasteiger partial charge is 0.296 e. The Hall–Kier alpha value is -4.43. The van der Waals surface area contributed by atoms with Gasteiger partial charge in [0.05, 0.1) is 28.9 Å². The summed E-state index contributed by atoms with van der Waals surface area (Å²) in [5.74, 6) is -1.36. The molecule has 6 rings (SSSR count). The lowest BCUT2D eigenvalue weighted by molar-refractivity contribution is -0.117. The van der Waals surface area contributed by atoms with Gasteiger partial charge in [-0.15, -0.1) is 0 Å². The van der Waals surface area contributed by atoms with Crippen LogP contribution in [0, 0.1) is 13.8 Å². The first kappa shape index (κ1) is 24.9. The molecule has 5 aromatic rings. The molecule has 2 aromatic heterocycles. The predicted octanol–water partition coefficient (Wildman–Crippen LogP) is 7.01. The summed E-state index contributed by atoms with van der Waals surface area (Å²) in [5.41, 5.74) is 5.05. The van der Waals surface area contributed by atoms with Crippen LogP contribution < -0.4 is 9.64 Å². The monoisotopic (exact) mass is 538 g/mol. The van der Waals surface area contributed by atoms with Crippen molar-refractivity contribution in [3.8, 4) is 5.75 Å². The van der Waals surface area contributed by atoms with E-state index in [-0.39, 0.29) is 11.3 Å².